The summed E-state index contributed by atoms with van der Waals surface area (Å²) in [5.41, 5.74) is 7.47. The van der Waals surface area contributed by atoms with Gasteiger partial charge < -0.3 is 15.4 Å². The highest BCUT2D eigenvalue weighted by molar-refractivity contribution is 5.92. The fourth-order valence-corrected chi connectivity index (χ4v) is 1.94. The lowest BCUT2D eigenvalue weighted by Gasteiger charge is -2.17. The first-order valence-corrected chi connectivity index (χ1v) is 6.94. The molecule has 1 amide bonds. The largest absolute Gasteiger partial charge is 0.493 e. The highest BCUT2D eigenvalue weighted by atomic mass is 16.5. The topological polar surface area (TPSA) is 55.6 Å². The van der Waals surface area contributed by atoms with Crippen molar-refractivity contribution >= 4 is 11.6 Å². The number of carbonyl (C=O) groups excluding carboxylic acids is 1. The van der Waals surface area contributed by atoms with Gasteiger partial charge in [-0.05, 0) is 29.8 Å². The van der Waals surface area contributed by atoms with Gasteiger partial charge in [-0.2, -0.15) is 0 Å². The van der Waals surface area contributed by atoms with E-state index >= 15 is 0 Å². The predicted octanol–water partition coefficient (Wildman–Crippen LogP) is 2.58. The Morgan fingerprint density at radius 2 is 1.76 bits per heavy atom. The molecule has 0 aliphatic carbocycles. The predicted molar refractivity (Wildman–Crippen MR) is 84.3 cm³/mol. The van der Waals surface area contributed by atoms with Gasteiger partial charge in [-0.15, -0.1) is 0 Å². The van der Waals surface area contributed by atoms with Gasteiger partial charge in [0.15, 0.2) is 0 Å². The third kappa shape index (κ3) is 4.33. The zero-order valence-corrected chi connectivity index (χ0v) is 12.2. The Kier molecular flexibility index (Phi) is 5.35. The number of rotatable bonds is 6. The maximum Gasteiger partial charge on any atom is 0.230 e. The maximum absolute atomic E-state index is 12.1. The first kappa shape index (κ1) is 15.1. The average Bonchev–Trinajstić information content (AvgIpc) is 2.55. The van der Waals surface area contributed by atoms with E-state index in [1.807, 2.05) is 54.6 Å². The molecular weight excluding hydrogens is 264 g/mol. The van der Waals surface area contributed by atoms with E-state index in [0.717, 1.165) is 17.0 Å². The summed E-state index contributed by atoms with van der Waals surface area (Å²) in [5, 5.41) is 0. The van der Waals surface area contributed by atoms with Crippen LogP contribution in [0.1, 0.15) is 12.0 Å². The summed E-state index contributed by atoms with van der Waals surface area (Å²) in [7, 11) is 1.77. The number of nitrogens with two attached hydrogens (primary N) is 1. The number of hydrogen-bond acceptors (Lipinski definition) is 3. The van der Waals surface area contributed by atoms with Crippen molar-refractivity contribution in [1.82, 2.24) is 0 Å². The zero-order chi connectivity index (χ0) is 15.1. The Balaban J connectivity index is 1.84. The maximum atomic E-state index is 12.1. The lowest BCUT2D eigenvalue weighted by Crippen LogP contribution is -2.27. The van der Waals surface area contributed by atoms with Gasteiger partial charge in [0.1, 0.15) is 5.75 Å². The summed E-state index contributed by atoms with van der Waals surface area (Å²) in [6.07, 6.45) is 0.337. The molecule has 2 aromatic rings. The monoisotopic (exact) mass is 284 g/mol. The van der Waals surface area contributed by atoms with Crippen LogP contribution in [0.4, 0.5) is 5.69 Å². The highest BCUT2D eigenvalue weighted by Gasteiger charge is 2.10. The summed E-state index contributed by atoms with van der Waals surface area (Å²) >= 11 is 0. The summed E-state index contributed by atoms with van der Waals surface area (Å²) in [6.45, 7) is 0.872. The number of hydrogen-bond donors (Lipinski definition) is 1. The molecule has 110 valence electrons. The Hall–Kier alpha value is -2.33. The van der Waals surface area contributed by atoms with Crippen LogP contribution in [0.3, 0.4) is 0 Å². The molecule has 0 unspecified atom stereocenters. The first-order chi connectivity index (χ1) is 10.2. The van der Waals surface area contributed by atoms with E-state index in [-0.39, 0.29) is 5.91 Å². The van der Waals surface area contributed by atoms with Crippen LogP contribution in [0.25, 0.3) is 0 Å². The number of benzene rings is 2. The third-order valence-electron chi connectivity index (χ3n) is 3.26. The highest BCUT2D eigenvalue weighted by Crippen LogP contribution is 2.15. The Labute approximate surface area is 125 Å². The molecule has 0 atom stereocenters. The first-order valence-electron chi connectivity index (χ1n) is 6.94. The van der Waals surface area contributed by atoms with Crippen LogP contribution in [0.2, 0.25) is 0 Å². The number of carbonyl (C=O) groups is 1. The molecule has 2 aromatic carbocycles. The molecular formula is C17H20N2O2. The van der Waals surface area contributed by atoms with Crippen LogP contribution >= 0.6 is 0 Å². The van der Waals surface area contributed by atoms with Crippen LogP contribution in [0.5, 0.6) is 5.75 Å². The molecule has 4 nitrogen and oxygen atoms in total. The second kappa shape index (κ2) is 7.45. The fourth-order valence-electron chi connectivity index (χ4n) is 1.94. The summed E-state index contributed by atoms with van der Waals surface area (Å²) < 4.78 is 5.54. The minimum atomic E-state index is 0.0198. The van der Waals surface area contributed by atoms with Crippen molar-refractivity contribution in [2.24, 2.45) is 5.73 Å². The van der Waals surface area contributed by atoms with Crippen LogP contribution in [-0.4, -0.2) is 19.6 Å². The van der Waals surface area contributed by atoms with Crippen molar-refractivity contribution < 1.29 is 9.53 Å². The van der Waals surface area contributed by atoms with Gasteiger partial charge in [-0.3, -0.25) is 4.79 Å². The van der Waals surface area contributed by atoms with Gasteiger partial charge in [0, 0.05) is 19.3 Å². The van der Waals surface area contributed by atoms with Crippen molar-refractivity contribution in [1.29, 1.82) is 0 Å². The Morgan fingerprint density at radius 3 is 2.38 bits per heavy atom. The van der Waals surface area contributed by atoms with Gasteiger partial charge in [0.2, 0.25) is 5.91 Å². The lowest BCUT2D eigenvalue weighted by molar-refractivity contribution is -0.118. The minimum absolute atomic E-state index is 0.0198. The molecule has 0 aliphatic rings. The van der Waals surface area contributed by atoms with E-state index in [9.17, 15) is 4.79 Å². The van der Waals surface area contributed by atoms with Crippen LogP contribution in [0.15, 0.2) is 54.6 Å². The molecule has 21 heavy (non-hydrogen) atoms. The van der Waals surface area contributed by atoms with E-state index in [1.54, 1.807) is 11.9 Å². The Morgan fingerprint density at radius 1 is 1.10 bits per heavy atom. The van der Waals surface area contributed by atoms with Crippen LogP contribution in [0, 0.1) is 0 Å². The number of anilines is 1. The van der Waals surface area contributed by atoms with Crippen molar-refractivity contribution in [2.75, 3.05) is 18.6 Å². The van der Waals surface area contributed by atoms with Crippen molar-refractivity contribution in [3.63, 3.8) is 0 Å². The van der Waals surface area contributed by atoms with Crippen LogP contribution in [-0.2, 0) is 11.3 Å². The number of amides is 1. The number of para-hydroxylation sites is 1. The lowest BCUT2D eigenvalue weighted by atomic mass is 10.2. The van der Waals surface area contributed by atoms with Gasteiger partial charge in [-0.25, -0.2) is 0 Å². The molecule has 0 aliphatic heterocycles. The van der Waals surface area contributed by atoms with Gasteiger partial charge in [0.25, 0.3) is 0 Å². The molecule has 0 saturated heterocycles. The van der Waals surface area contributed by atoms with Gasteiger partial charge >= 0.3 is 0 Å². The fraction of sp³-hybridized carbons (Fsp3) is 0.235. The normalized spacial score (nSPS) is 10.2. The van der Waals surface area contributed by atoms with Gasteiger partial charge in [0.05, 0.1) is 13.0 Å². The van der Waals surface area contributed by atoms with E-state index in [1.165, 1.54) is 0 Å². The summed E-state index contributed by atoms with van der Waals surface area (Å²) in [5.74, 6) is 0.798. The second-order valence-electron chi connectivity index (χ2n) is 4.73. The minimum Gasteiger partial charge on any atom is -0.493 e. The van der Waals surface area contributed by atoms with Crippen molar-refractivity contribution in [3.05, 3.63) is 60.2 Å². The summed E-state index contributed by atoms with van der Waals surface area (Å²) in [4.78, 5) is 13.7. The molecule has 2 rings (SSSR count). The molecule has 0 heterocycles. The van der Waals surface area contributed by atoms with Crippen molar-refractivity contribution in [3.8, 4) is 5.75 Å². The standard InChI is InChI=1S/C17H20N2O2/c1-19(15-9-7-14(13-18)8-10-15)17(20)11-12-21-16-5-3-2-4-6-16/h2-10H,11-13,18H2,1H3. The quantitative estimate of drug-likeness (QED) is 0.887. The van der Waals surface area contributed by atoms with E-state index in [2.05, 4.69) is 0 Å². The zero-order valence-electron chi connectivity index (χ0n) is 12.2. The molecule has 4 heteroatoms. The molecule has 0 bridgehead atoms. The van der Waals surface area contributed by atoms with E-state index in [4.69, 9.17) is 10.5 Å². The molecule has 2 N–H and O–H groups in total. The number of nitrogens with zero attached hydrogens (tertiary/aromatic N) is 1. The third-order valence-corrected chi connectivity index (χ3v) is 3.26. The molecule has 0 spiro atoms. The summed E-state index contributed by atoms with van der Waals surface area (Å²) in [6, 6.07) is 17.1. The Bertz CT molecular complexity index is 567. The molecule has 0 radical (unpaired) electrons. The molecule has 0 fully saturated rings. The molecule has 0 saturated carbocycles. The van der Waals surface area contributed by atoms with E-state index < -0.39 is 0 Å². The van der Waals surface area contributed by atoms with Crippen LogP contribution < -0.4 is 15.4 Å². The number of ether oxygens (including phenoxy) is 1. The van der Waals surface area contributed by atoms with Crippen molar-refractivity contribution in [2.45, 2.75) is 13.0 Å². The molecule has 0 aromatic heterocycles. The smallest absolute Gasteiger partial charge is 0.230 e. The van der Waals surface area contributed by atoms with E-state index in [0.29, 0.717) is 19.6 Å². The average molecular weight is 284 g/mol. The van der Waals surface area contributed by atoms with Gasteiger partial charge in [-0.1, -0.05) is 30.3 Å². The SMILES string of the molecule is CN(C(=O)CCOc1ccccc1)c1ccc(CN)cc1. The second-order valence-corrected chi connectivity index (χ2v) is 4.73.